The number of urea groups is 1. The molecule has 3 amide bonds. The molecule has 27 heavy (non-hydrogen) atoms. The lowest BCUT2D eigenvalue weighted by molar-refractivity contribution is 0.142. The first-order valence-electron chi connectivity index (χ1n) is 8.60. The van der Waals surface area contributed by atoms with E-state index in [0.29, 0.717) is 43.3 Å². The molecular weight excluding hydrogens is 348 g/mol. The van der Waals surface area contributed by atoms with Crippen molar-refractivity contribution in [3.8, 4) is 5.75 Å². The second-order valence-corrected chi connectivity index (χ2v) is 6.11. The third kappa shape index (κ3) is 4.81. The fourth-order valence-electron chi connectivity index (χ4n) is 2.91. The molecule has 0 atom stereocenters. The van der Waals surface area contributed by atoms with E-state index in [1.165, 1.54) is 4.90 Å². The molecular formula is C19H22N4O4. The first kappa shape index (κ1) is 18.4. The van der Waals surface area contributed by atoms with Gasteiger partial charge in [-0.15, -0.1) is 0 Å². The lowest BCUT2D eigenvalue weighted by Gasteiger charge is -2.34. The van der Waals surface area contributed by atoms with Crippen molar-refractivity contribution in [1.82, 2.24) is 4.90 Å². The third-order valence-electron chi connectivity index (χ3n) is 4.37. The number of piperazine rings is 1. The molecule has 0 unspecified atom stereocenters. The van der Waals surface area contributed by atoms with Crippen molar-refractivity contribution in [2.24, 2.45) is 0 Å². The Labute approximate surface area is 157 Å². The van der Waals surface area contributed by atoms with Crippen LogP contribution in [-0.2, 0) is 0 Å². The molecule has 0 spiro atoms. The van der Waals surface area contributed by atoms with Crippen molar-refractivity contribution in [3.63, 3.8) is 0 Å². The van der Waals surface area contributed by atoms with Gasteiger partial charge in [-0.05, 0) is 36.4 Å². The van der Waals surface area contributed by atoms with Crippen LogP contribution in [-0.4, -0.2) is 55.4 Å². The van der Waals surface area contributed by atoms with Gasteiger partial charge in [-0.25, -0.2) is 9.59 Å². The fraction of sp³-hybridized carbons (Fsp3) is 0.263. The normalized spacial score (nSPS) is 13.8. The van der Waals surface area contributed by atoms with Gasteiger partial charge in [0.1, 0.15) is 5.75 Å². The number of nitrogens with one attached hydrogen (secondary N) is 2. The third-order valence-corrected chi connectivity index (χ3v) is 4.37. The number of anilines is 3. The van der Waals surface area contributed by atoms with Gasteiger partial charge in [-0.1, -0.05) is 6.07 Å². The van der Waals surface area contributed by atoms with E-state index in [4.69, 9.17) is 9.84 Å². The van der Waals surface area contributed by atoms with E-state index >= 15 is 0 Å². The van der Waals surface area contributed by atoms with Gasteiger partial charge in [0.15, 0.2) is 0 Å². The first-order valence-corrected chi connectivity index (χ1v) is 8.60. The van der Waals surface area contributed by atoms with Gasteiger partial charge in [0, 0.05) is 49.3 Å². The SMILES string of the molecule is COc1cccc(NC(=O)Nc2ccc(N3CCN(C(=O)O)CC3)cc2)c1. The molecule has 0 aliphatic carbocycles. The number of carbonyl (C=O) groups excluding carboxylic acids is 1. The highest BCUT2D eigenvalue weighted by Crippen LogP contribution is 2.20. The maximum Gasteiger partial charge on any atom is 0.407 e. The maximum atomic E-state index is 12.1. The standard InChI is InChI=1S/C19H22N4O4/c1-27-17-4-2-3-15(13-17)21-18(24)20-14-5-7-16(8-6-14)22-9-11-23(12-10-22)19(25)26/h2-8,13H,9-12H2,1H3,(H,25,26)(H2,20,21,24). The van der Waals surface area contributed by atoms with Crippen LogP contribution in [0.5, 0.6) is 5.75 Å². The number of benzene rings is 2. The summed E-state index contributed by atoms with van der Waals surface area (Å²) in [6, 6.07) is 14.3. The molecule has 0 bridgehead atoms. The quantitative estimate of drug-likeness (QED) is 0.769. The smallest absolute Gasteiger partial charge is 0.407 e. The van der Waals surface area contributed by atoms with Crippen LogP contribution in [0.3, 0.4) is 0 Å². The molecule has 3 rings (SSSR count). The van der Waals surface area contributed by atoms with Gasteiger partial charge in [0.05, 0.1) is 7.11 Å². The van der Waals surface area contributed by atoms with Crippen LogP contribution < -0.4 is 20.3 Å². The van der Waals surface area contributed by atoms with Gasteiger partial charge >= 0.3 is 12.1 Å². The Hall–Kier alpha value is -3.42. The largest absolute Gasteiger partial charge is 0.497 e. The zero-order valence-electron chi connectivity index (χ0n) is 15.0. The van der Waals surface area contributed by atoms with Gasteiger partial charge < -0.3 is 30.3 Å². The van der Waals surface area contributed by atoms with Crippen LogP contribution in [0.15, 0.2) is 48.5 Å². The second kappa shape index (κ2) is 8.31. The molecule has 2 aromatic rings. The van der Waals surface area contributed by atoms with Crippen molar-refractivity contribution in [2.75, 3.05) is 48.8 Å². The molecule has 1 fully saturated rings. The second-order valence-electron chi connectivity index (χ2n) is 6.11. The average Bonchev–Trinajstić information content (AvgIpc) is 2.68. The maximum absolute atomic E-state index is 12.1. The number of hydrogen-bond acceptors (Lipinski definition) is 4. The van der Waals surface area contributed by atoms with Crippen LogP contribution in [0.1, 0.15) is 0 Å². The van der Waals surface area contributed by atoms with Crippen LogP contribution >= 0.6 is 0 Å². The number of nitrogens with zero attached hydrogens (tertiary/aromatic N) is 2. The molecule has 2 aromatic carbocycles. The number of methoxy groups -OCH3 is 1. The monoisotopic (exact) mass is 370 g/mol. The number of carbonyl (C=O) groups is 2. The number of amides is 3. The zero-order valence-corrected chi connectivity index (χ0v) is 15.0. The predicted molar refractivity (Wildman–Crippen MR) is 104 cm³/mol. The molecule has 0 aromatic heterocycles. The van der Waals surface area contributed by atoms with Crippen LogP contribution in [0, 0.1) is 0 Å². The summed E-state index contributed by atoms with van der Waals surface area (Å²) in [5.74, 6) is 0.667. The van der Waals surface area contributed by atoms with Crippen molar-refractivity contribution >= 4 is 29.2 Å². The van der Waals surface area contributed by atoms with Crippen LogP contribution in [0.2, 0.25) is 0 Å². The van der Waals surface area contributed by atoms with E-state index in [-0.39, 0.29) is 6.03 Å². The lowest BCUT2D eigenvalue weighted by atomic mass is 10.2. The molecule has 1 saturated heterocycles. The summed E-state index contributed by atoms with van der Waals surface area (Å²) in [6.45, 7) is 2.27. The Morgan fingerprint density at radius 1 is 0.963 bits per heavy atom. The molecule has 0 radical (unpaired) electrons. The number of ether oxygens (including phenoxy) is 1. The Morgan fingerprint density at radius 3 is 2.26 bits per heavy atom. The predicted octanol–water partition coefficient (Wildman–Crippen LogP) is 3.14. The molecule has 8 heteroatoms. The van der Waals surface area contributed by atoms with E-state index in [2.05, 4.69) is 15.5 Å². The molecule has 3 N–H and O–H groups in total. The first-order chi connectivity index (χ1) is 13.0. The summed E-state index contributed by atoms with van der Waals surface area (Å²) in [6.07, 6.45) is -0.878. The highest BCUT2D eigenvalue weighted by Gasteiger charge is 2.20. The summed E-state index contributed by atoms with van der Waals surface area (Å²) in [7, 11) is 1.57. The average molecular weight is 370 g/mol. The van der Waals surface area contributed by atoms with Crippen molar-refractivity contribution < 1.29 is 19.4 Å². The summed E-state index contributed by atoms with van der Waals surface area (Å²) in [5.41, 5.74) is 2.31. The van der Waals surface area contributed by atoms with Crippen molar-refractivity contribution in [3.05, 3.63) is 48.5 Å². The van der Waals surface area contributed by atoms with Crippen molar-refractivity contribution in [1.29, 1.82) is 0 Å². The molecule has 1 aliphatic heterocycles. The lowest BCUT2D eigenvalue weighted by Crippen LogP contribution is -2.48. The highest BCUT2D eigenvalue weighted by atomic mass is 16.5. The number of rotatable bonds is 4. The minimum atomic E-state index is -0.878. The van der Waals surface area contributed by atoms with E-state index < -0.39 is 6.09 Å². The Balaban J connectivity index is 1.54. The van der Waals surface area contributed by atoms with Crippen molar-refractivity contribution in [2.45, 2.75) is 0 Å². The fourth-order valence-corrected chi connectivity index (χ4v) is 2.91. The summed E-state index contributed by atoms with van der Waals surface area (Å²) in [5, 5.41) is 14.5. The summed E-state index contributed by atoms with van der Waals surface area (Å²) in [4.78, 5) is 26.6. The van der Waals surface area contributed by atoms with E-state index in [0.717, 1.165) is 5.69 Å². The minimum absolute atomic E-state index is 0.342. The van der Waals surface area contributed by atoms with Gasteiger partial charge in [-0.2, -0.15) is 0 Å². The Kier molecular flexibility index (Phi) is 5.65. The number of hydrogen-bond donors (Lipinski definition) is 3. The van der Waals surface area contributed by atoms with Gasteiger partial charge in [-0.3, -0.25) is 0 Å². The molecule has 1 heterocycles. The Morgan fingerprint density at radius 2 is 1.63 bits per heavy atom. The molecule has 1 aliphatic rings. The van der Waals surface area contributed by atoms with Gasteiger partial charge in [0.25, 0.3) is 0 Å². The molecule has 0 saturated carbocycles. The zero-order chi connectivity index (χ0) is 19.2. The Bertz CT molecular complexity index is 802. The van der Waals surface area contributed by atoms with E-state index in [9.17, 15) is 9.59 Å². The van der Waals surface area contributed by atoms with E-state index in [1.54, 1.807) is 31.4 Å². The molecule has 8 nitrogen and oxygen atoms in total. The minimum Gasteiger partial charge on any atom is -0.497 e. The molecule has 142 valence electrons. The van der Waals surface area contributed by atoms with Crippen LogP contribution in [0.4, 0.5) is 26.7 Å². The topological polar surface area (TPSA) is 94.1 Å². The van der Waals surface area contributed by atoms with E-state index in [1.807, 2.05) is 24.3 Å². The van der Waals surface area contributed by atoms with Gasteiger partial charge in [0.2, 0.25) is 0 Å². The highest BCUT2D eigenvalue weighted by molar-refractivity contribution is 5.99. The number of carboxylic acid groups (broad SMARTS) is 1. The summed E-state index contributed by atoms with van der Waals surface area (Å²) < 4.78 is 5.13. The summed E-state index contributed by atoms with van der Waals surface area (Å²) >= 11 is 0. The van der Waals surface area contributed by atoms with Crippen LogP contribution in [0.25, 0.3) is 0 Å².